The molecule has 0 aromatic heterocycles. The third-order valence-electron chi connectivity index (χ3n) is 2.80. The molecule has 22 heavy (non-hydrogen) atoms. The summed E-state index contributed by atoms with van der Waals surface area (Å²) in [6.07, 6.45) is 0. The van der Waals surface area contributed by atoms with E-state index in [4.69, 9.17) is 11.6 Å². The van der Waals surface area contributed by atoms with Gasteiger partial charge in [-0.25, -0.2) is 0 Å². The number of quaternary nitrogens is 1. The molecule has 0 spiro atoms. The number of nitrogens with one attached hydrogen (secondary N) is 2. The molecule has 0 saturated carbocycles. The van der Waals surface area contributed by atoms with Gasteiger partial charge in [-0.3, -0.25) is 0 Å². The predicted octanol–water partition coefficient (Wildman–Crippen LogP) is -0.906. The molecule has 0 aliphatic rings. The van der Waals surface area contributed by atoms with Gasteiger partial charge in [0.2, 0.25) is 0 Å². The summed E-state index contributed by atoms with van der Waals surface area (Å²) in [6, 6.07) is 8.47. The molecule has 2 N–H and O–H groups in total. The van der Waals surface area contributed by atoms with Gasteiger partial charge in [0, 0.05) is 0 Å². The molecule has 0 unspecified atom stereocenters. The Labute approximate surface area is 141 Å². The minimum atomic E-state index is -1.34. The van der Waals surface area contributed by atoms with E-state index < -0.39 is 36.6 Å². The van der Waals surface area contributed by atoms with E-state index in [9.17, 15) is 19.6 Å². The first kappa shape index (κ1) is 17.1. The molecule has 8 heteroatoms. The van der Waals surface area contributed by atoms with Crippen LogP contribution in [0.15, 0.2) is 36.4 Å². The summed E-state index contributed by atoms with van der Waals surface area (Å²) in [5, 5.41) is 24.2. The van der Waals surface area contributed by atoms with Gasteiger partial charge in [0.25, 0.3) is 0 Å². The van der Waals surface area contributed by atoms with Crippen LogP contribution in [0.5, 0.6) is 0 Å². The fraction of sp³-hybridized carbons (Fsp3) is 0.0714. The van der Waals surface area contributed by atoms with Crippen LogP contribution in [0.3, 0.4) is 0 Å². The van der Waals surface area contributed by atoms with Crippen molar-refractivity contribution in [1.29, 1.82) is 0 Å². The number of carbonyl (C=O) groups is 1. The number of hydrogen-bond donors (Lipinski definition) is 2. The van der Waals surface area contributed by atoms with Gasteiger partial charge < -0.3 is 0 Å². The van der Waals surface area contributed by atoms with E-state index in [1.165, 1.54) is 30.3 Å². The van der Waals surface area contributed by atoms with E-state index in [1.54, 1.807) is 13.0 Å². The van der Waals surface area contributed by atoms with Gasteiger partial charge in [0.05, 0.1) is 0 Å². The molecule has 2 rings (SSSR count). The van der Waals surface area contributed by atoms with Gasteiger partial charge in [-0.1, -0.05) is 0 Å². The standard InChI is InChI=1S/C14H11ClFIN2O3/c1-8-6-9(16)2-5-13(8)18-14(20)11-7-10(17-19(21)22)3-4-12(11)15/h2-7,19H,1H3,(H,18,20)/q-2. The van der Waals surface area contributed by atoms with Crippen molar-refractivity contribution in [1.82, 2.24) is 0 Å². The average Bonchev–Trinajstić information content (AvgIpc) is 2.43. The van der Waals surface area contributed by atoms with Crippen molar-refractivity contribution in [3.05, 3.63) is 72.3 Å². The van der Waals surface area contributed by atoms with Crippen LogP contribution in [0.2, 0.25) is 5.02 Å². The van der Waals surface area contributed by atoms with Crippen molar-refractivity contribution in [2.75, 3.05) is 5.32 Å². The van der Waals surface area contributed by atoms with Crippen molar-refractivity contribution in [2.45, 2.75) is 6.92 Å². The summed E-state index contributed by atoms with van der Waals surface area (Å²) < 4.78 is 12.4. The third-order valence-corrected chi connectivity index (χ3v) is 4.86. The number of amides is 1. The number of carbonyl (C=O) groups excluding carboxylic acids is 1. The SMILES string of the molecule is Cc1cc(F)ccc1NC(=O)c1cc([I-][NH+]([O-])[O-])ccc1Cl. The van der Waals surface area contributed by atoms with Crippen molar-refractivity contribution in [3.8, 4) is 0 Å². The third kappa shape index (κ3) is 4.37. The molecule has 1 amide bonds. The number of anilines is 1. The molecule has 0 radical (unpaired) electrons. The second-order valence-corrected chi connectivity index (χ2v) is 7.44. The van der Waals surface area contributed by atoms with E-state index >= 15 is 0 Å². The van der Waals surface area contributed by atoms with Gasteiger partial charge >= 0.3 is 142 Å². The zero-order valence-electron chi connectivity index (χ0n) is 11.3. The average molecular weight is 437 g/mol. The normalized spacial score (nSPS) is 11.0. The van der Waals surface area contributed by atoms with Crippen LogP contribution in [0.4, 0.5) is 10.1 Å². The summed E-state index contributed by atoms with van der Waals surface area (Å²) in [5.41, 5.74) is 1.20. The topological polar surface area (TPSA) is 79.7 Å². The Morgan fingerprint density at radius 2 is 2.00 bits per heavy atom. The van der Waals surface area contributed by atoms with Crippen molar-refractivity contribution < 1.29 is 34.1 Å². The summed E-state index contributed by atoms with van der Waals surface area (Å²) in [5.74, 6) is -0.877. The molecule has 5 nitrogen and oxygen atoms in total. The first-order chi connectivity index (χ1) is 10.4. The molecule has 0 fully saturated rings. The van der Waals surface area contributed by atoms with E-state index in [0.717, 1.165) is 0 Å². The van der Waals surface area contributed by atoms with E-state index in [-0.39, 0.29) is 10.6 Å². The van der Waals surface area contributed by atoms with Crippen molar-refractivity contribution in [2.24, 2.45) is 0 Å². The van der Waals surface area contributed by atoms with Gasteiger partial charge in [-0.2, -0.15) is 0 Å². The Morgan fingerprint density at radius 1 is 1.27 bits per heavy atom. The number of aryl methyl sites for hydroxylation is 1. The van der Waals surface area contributed by atoms with Crippen LogP contribution in [-0.4, -0.2) is 5.91 Å². The Bertz CT molecular complexity index is 712. The summed E-state index contributed by atoms with van der Waals surface area (Å²) in [6.45, 7) is 1.66. The zero-order chi connectivity index (χ0) is 16.3. The molecule has 2 aromatic rings. The molecule has 2 aromatic carbocycles. The molecular weight excluding hydrogens is 426 g/mol. The fourth-order valence-corrected chi connectivity index (χ4v) is 3.31. The summed E-state index contributed by atoms with van der Waals surface area (Å²) >= 11 is 4.65. The van der Waals surface area contributed by atoms with E-state index in [0.29, 0.717) is 14.8 Å². The van der Waals surface area contributed by atoms with Crippen LogP contribution in [-0.2, 0) is 0 Å². The number of halogens is 3. The zero-order valence-corrected chi connectivity index (χ0v) is 14.2. The monoisotopic (exact) mass is 436 g/mol. The van der Waals surface area contributed by atoms with Gasteiger partial charge in [0.1, 0.15) is 0 Å². The number of benzene rings is 2. The minimum absolute atomic E-state index is 0.170. The summed E-state index contributed by atoms with van der Waals surface area (Å²) in [7, 11) is 0. The van der Waals surface area contributed by atoms with Gasteiger partial charge in [0.15, 0.2) is 0 Å². The maximum absolute atomic E-state index is 13.1. The molecular formula is C14H11ClFIN2O3-2. The van der Waals surface area contributed by atoms with E-state index in [1.807, 2.05) is 0 Å². The molecule has 0 atom stereocenters. The van der Waals surface area contributed by atoms with Crippen molar-refractivity contribution >= 4 is 23.2 Å². The molecule has 0 bridgehead atoms. The van der Waals surface area contributed by atoms with Crippen LogP contribution in [0.25, 0.3) is 0 Å². The molecule has 0 aliphatic carbocycles. The number of hydrogen-bond acceptors (Lipinski definition) is 3. The Morgan fingerprint density at radius 3 is 2.64 bits per heavy atom. The first-order valence-electron chi connectivity index (χ1n) is 6.09. The predicted molar refractivity (Wildman–Crippen MR) is 76.9 cm³/mol. The summed E-state index contributed by atoms with van der Waals surface area (Å²) in [4.78, 5) is 12.3. The maximum atomic E-state index is 13.1. The Balaban J connectivity index is 2.25. The number of rotatable bonds is 4. The van der Waals surface area contributed by atoms with Crippen LogP contribution >= 0.6 is 11.6 Å². The second kappa shape index (κ2) is 7.34. The van der Waals surface area contributed by atoms with Crippen LogP contribution in [0, 0.1) is 26.7 Å². The Hall–Kier alpha value is -1.26. The van der Waals surface area contributed by atoms with Gasteiger partial charge in [-0.15, -0.1) is 0 Å². The molecule has 0 heterocycles. The van der Waals surface area contributed by atoms with E-state index in [2.05, 4.69) is 5.32 Å². The quantitative estimate of drug-likeness (QED) is 0.370. The Kier molecular flexibility index (Phi) is 5.70. The van der Waals surface area contributed by atoms with Crippen molar-refractivity contribution in [3.63, 3.8) is 0 Å². The fourth-order valence-electron chi connectivity index (χ4n) is 1.78. The first-order valence-corrected chi connectivity index (χ1v) is 8.63. The molecule has 0 aliphatic heterocycles. The second-order valence-electron chi connectivity index (χ2n) is 4.37. The molecule has 118 valence electrons. The van der Waals surface area contributed by atoms with Gasteiger partial charge in [-0.05, 0) is 0 Å². The van der Waals surface area contributed by atoms with Crippen LogP contribution in [0.1, 0.15) is 15.9 Å². The molecule has 0 saturated heterocycles. The van der Waals surface area contributed by atoms with Crippen LogP contribution < -0.4 is 30.2 Å².